The largest absolute Gasteiger partial charge is 0.441 e. The van der Waals surface area contributed by atoms with Crippen LogP contribution in [0.1, 0.15) is 12.3 Å². The molecule has 7 heteroatoms. The number of nitrogens with zero attached hydrogens (tertiary/aromatic N) is 3. The molecule has 1 N–H and O–H groups in total. The van der Waals surface area contributed by atoms with Gasteiger partial charge < -0.3 is 9.73 Å². The van der Waals surface area contributed by atoms with Crippen LogP contribution in [0.5, 0.6) is 0 Å². The standard InChI is InChI=1S/C25H19ClN4O2/c26-19-11-9-17(10-12-19)20-16-27-23(32-20)14-13-22(31)29-25-24(18-6-2-1-3-7-18)28-21-8-4-5-15-30(21)25/h1-12,15-16H,13-14H2,(H,29,31). The van der Waals surface area contributed by atoms with Crippen molar-refractivity contribution in [2.45, 2.75) is 12.8 Å². The Morgan fingerprint density at radius 1 is 0.969 bits per heavy atom. The first kappa shape index (κ1) is 20.0. The smallest absolute Gasteiger partial charge is 0.226 e. The highest BCUT2D eigenvalue weighted by Crippen LogP contribution is 2.29. The van der Waals surface area contributed by atoms with Crippen molar-refractivity contribution >= 4 is 29.0 Å². The van der Waals surface area contributed by atoms with E-state index in [1.165, 1.54) is 0 Å². The maximum atomic E-state index is 12.8. The van der Waals surface area contributed by atoms with Gasteiger partial charge in [-0.2, -0.15) is 0 Å². The summed E-state index contributed by atoms with van der Waals surface area (Å²) in [6, 6.07) is 22.9. The van der Waals surface area contributed by atoms with Crippen LogP contribution in [0, 0.1) is 0 Å². The molecule has 0 saturated carbocycles. The van der Waals surface area contributed by atoms with Gasteiger partial charge in [0.25, 0.3) is 0 Å². The summed E-state index contributed by atoms with van der Waals surface area (Å²) in [6.07, 6.45) is 4.16. The second-order valence-corrected chi connectivity index (χ2v) is 7.71. The van der Waals surface area contributed by atoms with E-state index in [4.69, 9.17) is 21.0 Å². The Bertz CT molecular complexity index is 1370. The molecule has 0 spiro atoms. The number of pyridine rings is 1. The fourth-order valence-corrected chi connectivity index (χ4v) is 3.63. The van der Waals surface area contributed by atoms with Gasteiger partial charge in [0.2, 0.25) is 5.91 Å². The molecule has 0 bridgehead atoms. The zero-order chi connectivity index (χ0) is 21.9. The van der Waals surface area contributed by atoms with Crippen molar-refractivity contribution in [1.29, 1.82) is 0 Å². The number of aryl methyl sites for hydroxylation is 1. The lowest BCUT2D eigenvalue weighted by Gasteiger charge is -2.07. The number of hydrogen-bond donors (Lipinski definition) is 1. The third-order valence-corrected chi connectivity index (χ3v) is 5.34. The van der Waals surface area contributed by atoms with Crippen LogP contribution < -0.4 is 5.32 Å². The Hall–Kier alpha value is -3.90. The Balaban J connectivity index is 1.32. The van der Waals surface area contributed by atoms with E-state index in [9.17, 15) is 4.79 Å². The van der Waals surface area contributed by atoms with Crippen LogP contribution in [-0.2, 0) is 11.2 Å². The summed E-state index contributed by atoms with van der Waals surface area (Å²) >= 11 is 5.94. The molecule has 0 radical (unpaired) electrons. The first-order valence-corrected chi connectivity index (χ1v) is 10.6. The lowest BCUT2D eigenvalue weighted by Crippen LogP contribution is -2.14. The maximum Gasteiger partial charge on any atom is 0.226 e. The fraction of sp³-hybridized carbons (Fsp3) is 0.0800. The minimum Gasteiger partial charge on any atom is -0.441 e. The minimum absolute atomic E-state index is 0.140. The highest BCUT2D eigenvalue weighted by Gasteiger charge is 2.17. The molecule has 0 aliphatic carbocycles. The number of fused-ring (bicyclic) bond motifs is 1. The highest BCUT2D eigenvalue weighted by atomic mass is 35.5. The van der Waals surface area contributed by atoms with Gasteiger partial charge in [-0.05, 0) is 36.4 Å². The van der Waals surface area contributed by atoms with E-state index >= 15 is 0 Å². The second-order valence-electron chi connectivity index (χ2n) is 7.28. The predicted molar refractivity (Wildman–Crippen MR) is 125 cm³/mol. The molecule has 158 valence electrons. The van der Waals surface area contributed by atoms with Gasteiger partial charge in [0.05, 0.1) is 6.20 Å². The quantitative estimate of drug-likeness (QED) is 0.356. The molecule has 1 amide bonds. The van der Waals surface area contributed by atoms with Crippen LogP contribution in [0.2, 0.25) is 5.02 Å². The predicted octanol–water partition coefficient (Wildman–Crippen LogP) is 5.88. The van der Waals surface area contributed by atoms with E-state index in [1.54, 1.807) is 18.3 Å². The van der Waals surface area contributed by atoms with Crippen LogP contribution in [-0.4, -0.2) is 20.3 Å². The van der Waals surface area contributed by atoms with Crippen molar-refractivity contribution in [2.24, 2.45) is 0 Å². The number of benzene rings is 2. The van der Waals surface area contributed by atoms with Gasteiger partial charge in [-0.25, -0.2) is 9.97 Å². The number of hydrogen-bond acceptors (Lipinski definition) is 4. The summed E-state index contributed by atoms with van der Waals surface area (Å²) in [6.45, 7) is 0. The molecule has 32 heavy (non-hydrogen) atoms. The molecule has 0 aliphatic heterocycles. The molecule has 5 rings (SSSR count). The van der Waals surface area contributed by atoms with Crippen LogP contribution >= 0.6 is 11.6 Å². The number of anilines is 1. The molecular formula is C25H19ClN4O2. The van der Waals surface area contributed by atoms with Gasteiger partial charge in [0, 0.05) is 35.2 Å². The Labute approximate surface area is 189 Å². The molecular weight excluding hydrogens is 424 g/mol. The zero-order valence-corrected chi connectivity index (χ0v) is 17.8. The highest BCUT2D eigenvalue weighted by molar-refractivity contribution is 6.30. The lowest BCUT2D eigenvalue weighted by atomic mass is 10.1. The molecule has 6 nitrogen and oxygen atoms in total. The van der Waals surface area contributed by atoms with Crippen molar-refractivity contribution in [1.82, 2.24) is 14.4 Å². The summed E-state index contributed by atoms with van der Waals surface area (Å²) in [7, 11) is 0. The number of aromatic nitrogens is 3. The first-order chi connectivity index (χ1) is 15.7. The molecule has 0 fully saturated rings. The lowest BCUT2D eigenvalue weighted by molar-refractivity contribution is -0.116. The van der Waals surface area contributed by atoms with Crippen LogP contribution in [0.4, 0.5) is 5.82 Å². The maximum absolute atomic E-state index is 12.8. The monoisotopic (exact) mass is 442 g/mol. The van der Waals surface area contributed by atoms with Crippen LogP contribution in [0.15, 0.2) is 89.6 Å². The SMILES string of the molecule is O=C(CCc1ncc(-c2ccc(Cl)cc2)o1)Nc1c(-c2ccccc2)nc2ccccn12. The van der Waals surface area contributed by atoms with Crippen LogP contribution in [0.25, 0.3) is 28.2 Å². The van der Waals surface area contributed by atoms with E-state index in [-0.39, 0.29) is 12.3 Å². The third-order valence-electron chi connectivity index (χ3n) is 5.08. The van der Waals surface area contributed by atoms with E-state index in [0.717, 1.165) is 22.5 Å². The van der Waals surface area contributed by atoms with Gasteiger partial charge >= 0.3 is 0 Å². The van der Waals surface area contributed by atoms with Crippen molar-refractivity contribution in [2.75, 3.05) is 5.32 Å². The molecule has 2 aromatic carbocycles. The number of carbonyl (C=O) groups is 1. The first-order valence-electron chi connectivity index (χ1n) is 10.2. The minimum atomic E-state index is -0.140. The van der Waals surface area contributed by atoms with Crippen molar-refractivity contribution in [3.05, 3.63) is 96.1 Å². The molecule has 5 aromatic rings. The summed E-state index contributed by atoms with van der Waals surface area (Å²) < 4.78 is 7.69. The summed E-state index contributed by atoms with van der Waals surface area (Å²) in [5.74, 6) is 1.65. The van der Waals surface area contributed by atoms with Crippen molar-refractivity contribution < 1.29 is 9.21 Å². The number of nitrogens with one attached hydrogen (secondary N) is 1. The normalized spacial score (nSPS) is 11.0. The van der Waals surface area contributed by atoms with Crippen molar-refractivity contribution in [3.8, 4) is 22.6 Å². The topological polar surface area (TPSA) is 72.4 Å². The Morgan fingerprint density at radius 3 is 2.56 bits per heavy atom. The fourth-order valence-electron chi connectivity index (χ4n) is 3.50. The van der Waals surface area contributed by atoms with E-state index in [2.05, 4.69) is 10.3 Å². The number of oxazole rings is 1. The molecule has 0 unspecified atom stereocenters. The van der Waals surface area contributed by atoms with E-state index in [0.29, 0.717) is 28.9 Å². The van der Waals surface area contributed by atoms with E-state index < -0.39 is 0 Å². The third kappa shape index (κ3) is 4.13. The summed E-state index contributed by atoms with van der Waals surface area (Å²) in [5.41, 5.74) is 3.32. The Kier molecular flexibility index (Phi) is 5.44. The molecule has 0 atom stereocenters. The summed E-state index contributed by atoms with van der Waals surface area (Å²) in [4.78, 5) is 21.8. The van der Waals surface area contributed by atoms with Gasteiger partial charge in [0.15, 0.2) is 11.7 Å². The average Bonchev–Trinajstić information content (AvgIpc) is 3.44. The van der Waals surface area contributed by atoms with Gasteiger partial charge in [0.1, 0.15) is 17.2 Å². The number of amides is 1. The second kappa shape index (κ2) is 8.69. The van der Waals surface area contributed by atoms with Gasteiger partial charge in [-0.3, -0.25) is 9.20 Å². The molecule has 0 saturated heterocycles. The number of imidazole rings is 1. The van der Waals surface area contributed by atoms with Crippen LogP contribution in [0.3, 0.4) is 0 Å². The zero-order valence-electron chi connectivity index (χ0n) is 17.0. The van der Waals surface area contributed by atoms with E-state index in [1.807, 2.05) is 71.3 Å². The molecule has 3 heterocycles. The summed E-state index contributed by atoms with van der Waals surface area (Å²) in [5, 5.41) is 3.68. The Morgan fingerprint density at radius 2 is 1.75 bits per heavy atom. The number of rotatable bonds is 6. The average molecular weight is 443 g/mol. The number of carbonyl (C=O) groups excluding carboxylic acids is 1. The molecule has 0 aliphatic rings. The molecule has 3 aromatic heterocycles. The van der Waals surface area contributed by atoms with Gasteiger partial charge in [-0.1, -0.05) is 48.0 Å². The van der Waals surface area contributed by atoms with Gasteiger partial charge in [-0.15, -0.1) is 0 Å². The number of halogens is 1. The van der Waals surface area contributed by atoms with Crippen molar-refractivity contribution in [3.63, 3.8) is 0 Å².